The Kier molecular flexibility index (Phi) is 2.79. The number of rotatable bonds is 3. The highest BCUT2D eigenvalue weighted by Gasteiger charge is 2.13. The van der Waals surface area contributed by atoms with E-state index >= 15 is 0 Å². The zero-order valence-corrected chi connectivity index (χ0v) is 10.6. The molecule has 7 heteroatoms. The predicted molar refractivity (Wildman–Crippen MR) is 74.6 cm³/mol. The normalized spacial score (nSPS) is 10.7. The van der Waals surface area contributed by atoms with Crippen molar-refractivity contribution in [1.29, 1.82) is 0 Å². The fourth-order valence-electron chi connectivity index (χ4n) is 2.04. The Morgan fingerprint density at radius 2 is 2.00 bits per heavy atom. The summed E-state index contributed by atoms with van der Waals surface area (Å²) in [6.07, 6.45) is 1.71. The quantitative estimate of drug-likeness (QED) is 0.582. The van der Waals surface area contributed by atoms with E-state index in [4.69, 9.17) is 0 Å². The summed E-state index contributed by atoms with van der Waals surface area (Å²) < 4.78 is 1.61. The molecule has 1 aromatic carbocycles. The van der Waals surface area contributed by atoms with Crippen LogP contribution < -0.4 is 5.43 Å². The smallest absolute Gasteiger partial charge is 0.267 e. The first-order chi connectivity index (χ1) is 9.65. The van der Waals surface area contributed by atoms with E-state index in [1.165, 1.54) is 0 Å². The third-order valence-electron chi connectivity index (χ3n) is 3.04. The summed E-state index contributed by atoms with van der Waals surface area (Å²) in [6.45, 7) is 0. The number of nitro groups is 1. The van der Waals surface area contributed by atoms with Crippen LogP contribution in [0.3, 0.4) is 0 Å². The summed E-state index contributed by atoms with van der Waals surface area (Å²) in [6, 6.07) is 11.7. The number of aryl methyl sites for hydroxylation is 1. The van der Waals surface area contributed by atoms with Crippen LogP contribution in [-0.2, 0) is 7.05 Å². The molecule has 0 aliphatic heterocycles. The summed E-state index contributed by atoms with van der Waals surface area (Å²) in [5.41, 5.74) is 5.23. The van der Waals surface area contributed by atoms with Gasteiger partial charge in [0.2, 0.25) is 0 Å². The summed E-state index contributed by atoms with van der Waals surface area (Å²) >= 11 is 0. The largest absolute Gasteiger partial charge is 0.307 e. The third-order valence-corrected chi connectivity index (χ3v) is 3.04. The average molecular weight is 269 g/mol. The van der Waals surface area contributed by atoms with Gasteiger partial charge in [-0.25, -0.2) is 15.1 Å². The number of nitrogens with zero attached hydrogens (tertiary/aromatic N) is 4. The maximum absolute atomic E-state index is 10.5. The average Bonchev–Trinajstić information content (AvgIpc) is 2.75. The maximum atomic E-state index is 10.5. The lowest BCUT2D eigenvalue weighted by Crippen LogP contribution is -2.11. The number of anilines is 1. The van der Waals surface area contributed by atoms with Gasteiger partial charge in [0.05, 0.1) is 5.52 Å². The van der Waals surface area contributed by atoms with Crippen molar-refractivity contribution in [2.75, 3.05) is 5.43 Å². The van der Waals surface area contributed by atoms with Crippen molar-refractivity contribution >= 4 is 17.1 Å². The molecule has 0 aliphatic carbocycles. The summed E-state index contributed by atoms with van der Waals surface area (Å²) in [4.78, 5) is 18.8. The van der Waals surface area contributed by atoms with Gasteiger partial charge in [0.25, 0.3) is 5.95 Å². The Bertz CT molecular complexity index is 782. The molecule has 7 nitrogen and oxygen atoms in total. The monoisotopic (exact) mass is 269 g/mol. The van der Waals surface area contributed by atoms with Gasteiger partial charge in [-0.2, -0.15) is 4.98 Å². The molecule has 0 spiro atoms. The van der Waals surface area contributed by atoms with Crippen molar-refractivity contribution < 1.29 is 5.03 Å². The van der Waals surface area contributed by atoms with E-state index in [0.717, 1.165) is 16.6 Å². The molecule has 2 heterocycles. The van der Waals surface area contributed by atoms with E-state index in [1.54, 1.807) is 17.8 Å². The van der Waals surface area contributed by atoms with Crippen LogP contribution in [0.5, 0.6) is 0 Å². The molecule has 3 aromatic rings. The zero-order valence-electron chi connectivity index (χ0n) is 10.6. The van der Waals surface area contributed by atoms with Crippen LogP contribution >= 0.6 is 0 Å². The van der Waals surface area contributed by atoms with E-state index in [0.29, 0.717) is 5.65 Å². The first kappa shape index (κ1) is 12.1. The van der Waals surface area contributed by atoms with Gasteiger partial charge in [0, 0.05) is 18.8 Å². The predicted octanol–water partition coefficient (Wildman–Crippen LogP) is 2.24. The first-order valence-corrected chi connectivity index (χ1v) is 5.94. The summed E-state index contributed by atoms with van der Waals surface area (Å²) in [5.74, 6) is 0.155. The van der Waals surface area contributed by atoms with E-state index in [-0.39, 0.29) is 5.95 Å². The highest BCUT2D eigenvalue weighted by atomic mass is 16.7. The lowest BCUT2D eigenvalue weighted by Gasteiger charge is -2.02. The second-order valence-electron chi connectivity index (χ2n) is 4.30. The van der Waals surface area contributed by atoms with Gasteiger partial charge in [-0.3, -0.25) is 0 Å². The summed E-state index contributed by atoms with van der Waals surface area (Å²) in [5, 5.41) is 9.87. The minimum atomic E-state index is -0.640. The topological polar surface area (TPSA) is 85.9 Å². The van der Waals surface area contributed by atoms with Gasteiger partial charge >= 0.3 is 0 Å². The second kappa shape index (κ2) is 4.61. The Hall–Kier alpha value is -2.96. The molecule has 0 aliphatic rings. The van der Waals surface area contributed by atoms with Crippen LogP contribution in [0.25, 0.3) is 22.3 Å². The van der Waals surface area contributed by atoms with Crippen molar-refractivity contribution in [2.24, 2.45) is 7.05 Å². The highest BCUT2D eigenvalue weighted by molar-refractivity contribution is 5.80. The Morgan fingerprint density at radius 3 is 2.70 bits per heavy atom. The fourth-order valence-corrected chi connectivity index (χ4v) is 2.04. The molecule has 0 fully saturated rings. The zero-order chi connectivity index (χ0) is 14.1. The third kappa shape index (κ3) is 2.05. The lowest BCUT2D eigenvalue weighted by atomic mass is 10.1. The molecule has 0 saturated heterocycles. The van der Waals surface area contributed by atoms with Crippen molar-refractivity contribution in [3.05, 3.63) is 52.7 Å². The molecule has 0 unspecified atom stereocenters. The Balaban J connectivity index is 2.11. The van der Waals surface area contributed by atoms with Crippen LogP contribution in [0.15, 0.2) is 42.6 Å². The lowest BCUT2D eigenvalue weighted by molar-refractivity contribution is -0.446. The number of benzene rings is 1. The van der Waals surface area contributed by atoms with Crippen LogP contribution in [0, 0.1) is 10.1 Å². The minimum Gasteiger partial charge on any atom is -0.307 e. The number of fused-ring (bicyclic) bond motifs is 1. The number of imidazole rings is 1. The molecule has 0 radical (unpaired) electrons. The van der Waals surface area contributed by atoms with Gasteiger partial charge in [0.15, 0.2) is 10.7 Å². The molecule has 1 N–H and O–H groups in total. The maximum Gasteiger partial charge on any atom is 0.267 e. The molecular weight excluding hydrogens is 258 g/mol. The van der Waals surface area contributed by atoms with Crippen LogP contribution in [0.2, 0.25) is 0 Å². The fraction of sp³-hybridized carbons (Fsp3) is 0.0769. The van der Waals surface area contributed by atoms with Crippen molar-refractivity contribution in [2.45, 2.75) is 0 Å². The van der Waals surface area contributed by atoms with Crippen molar-refractivity contribution in [3.63, 3.8) is 0 Å². The summed E-state index contributed by atoms with van der Waals surface area (Å²) in [7, 11) is 1.71. The SMILES string of the molecule is Cn1c(N[N+](=O)[O-])nc2ncc(-c3ccccc3)cc21. The van der Waals surface area contributed by atoms with Crippen LogP contribution in [0.1, 0.15) is 0 Å². The van der Waals surface area contributed by atoms with E-state index in [9.17, 15) is 10.1 Å². The molecule has 3 rings (SSSR count). The van der Waals surface area contributed by atoms with E-state index in [2.05, 4.69) is 15.4 Å². The number of hydrazine groups is 1. The molecule has 0 amide bonds. The van der Waals surface area contributed by atoms with Crippen molar-refractivity contribution in [3.8, 4) is 11.1 Å². The standard InChI is InChI=1S/C13H11N5O2/c1-17-11-7-10(9-5-3-2-4-6-9)8-14-12(11)15-13(17)16-18(19)20/h2-8H,1H3,(H,14,15,16). The number of pyridine rings is 1. The number of nitrogens with one attached hydrogen (secondary N) is 1. The first-order valence-electron chi connectivity index (χ1n) is 5.94. The number of hydrogen-bond acceptors (Lipinski definition) is 4. The van der Waals surface area contributed by atoms with Crippen LogP contribution in [-0.4, -0.2) is 19.6 Å². The van der Waals surface area contributed by atoms with Gasteiger partial charge in [-0.1, -0.05) is 35.8 Å². The van der Waals surface area contributed by atoms with Gasteiger partial charge in [0.1, 0.15) is 0 Å². The molecule has 2 aromatic heterocycles. The number of hydrogen-bond donors (Lipinski definition) is 1. The molecule has 0 atom stereocenters. The van der Waals surface area contributed by atoms with Crippen molar-refractivity contribution in [1.82, 2.24) is 14.5 Å². The molecule has 100 valence electrons. The molecule has 0 saturated carbocycles. The molecule has 20 heavy (non-hydrogen) atoms. The Labute approximate surface area is 114 Å². The molecule has 0 bridgehead atoms. The van der Waals surface area contributed by atoms with Gasteiger partial charge < -0.3 is 4.57 Å². The van der Waals surface area contributed by atoms with Gasteiger partial charge in [-0.15, -0.1) is 0 Å². The Morgan fingerprint density at radius 1 is 1.25 bits per heavy atom. The molecular formula is C13H11N5O2. The van der Waals surface area contributed by atoms with Crippen LogP contribution in [0.4, 0.5) is 5.95 Å². The number of aromatic nitrogens is 3. The highest BCUT2D eigenvalue weighted by Crippen LogP contribution is 2.23. The second-order valence-corrected chi connectivity index (χ2v) is 4.30. The van der Waals surface area contributed by atoms with E-state index in [1.807, 2.05) is 36.4 Å². The van der Waals surface area contributed by atoms with Gasteiger partial charge in [-0.05, 0) is 11.6 Å². The minimum absolute atomic E-state index is 0.155. The van der Waals surface area contributed by atoms with E-state index < -0.39 is 5.03 Å².